The number of aromatic nitrogens is 2. The first-order chi connectivity index (χ1) is 11.5. The minimum absolute atomic E-state index is 0.0227. The normalized spacial score (nSPS) is 10.9. The predicted octanol–water partition coefficient (Wildman–Crippen LogP) is 3.24. The van der Waals surface area contributed by atoms with Crippen LogP contribution < -0.4 is 0 Å². The Morgan fingerprint density at radius 1 is 1.29 bits per heavy atom. The van der Waals surface area contributed by atoms with Crippen LogP contribution in [0, 0.1) is 17.0 Å². The van der Waals surface area contributed by atoms with Crippen LogP contribution in [0.25, 0.3) is 16.9 Å². The van der Waals surface area contributed by atoms with Gasteiger partial charge in [-0.3, -0.25) is 14.9 Å². The van der Waals surface area contributed by atoms with E-state index in [4.69, 9.17) is 5.11 Å². The van der Waals surface area contributed by atoms with Gasteiger partial charge < -0.3 is 9.51 Å². The molecule has 0 radical (unpaired) electrons. The fourth-order valence-corrected chi connectivity index (χ4v) is 2.78. The van der Waals surface area contributed by atoms with Gasteiger partial charge in [0.15, 0.2) is 0 Å². The van der Waals surface area contributed by atoms with E-state index in [1.807, 2.05) is 29.5 Å². The fraction of sp³-hybridized carbons (Fsp3) is 0.176. The lowest BCUT2D eigenvalue weighted by molar-refractivity contribution is -0.384. The van der Waals surface area contributed by atoms with Gasteiger partial charge in [-0.1, -0.05) is 18.2 Å². The maximum absolute atomic E-state index is 11.0. The molecule has 0 aliphatic rings. The van der Waals surface area contributed by atoms with Crippen molar-refractivity contribution in [2.24, 2.45) is 0 Å². The van der Waals surface area contributed by atoms with Gasteiger partial charge in [-0.25, -0.2) is 4.98 Å². The number of pyridine rings is 1. The summed E-state index contributed by atoms with van der Waals surface area (Å²) in [5.74, 6) is -0.900. The number of nitro groups is 1. The highest BCUT2D eigenvalue weighted by Gasteiger charge is 2.18. The zero-order chi connectivity index (χ0) is 17.3. The van der Waals surface area contributed by atoms with E-state index in [1.54, 1.807) is 12.1 Å². The third kappa shape index (κ3) is 2.83. The molecule has 0 unspecified atom stereocenters. The smallest absolute Gasteiger partial charge is 0.303 e. The number of carbonyl (C=O) groups is 1. The molecule has 3 aromatic rings. The Morgan fingerprint density at radius 2 is 2.04 bits per heavy atom. The molecule has 2 heterocycles. The van der Waals surface area contributed by atoms with Crippen LogP contribution in [-0.4, -0.2) is 25.4 Å². The van der Waals surface area contributed by atoms with Gasteiger partial charge in [-0.05, 0) is 19.1 Å². The van der Waals surface area contributed by atoms with E-state index in [9.17, 15) is 14.9 Å². The van der Waals surface area contributed by atoms with Crippen LogP contribution in [-0.2, 0) is 11.2 Å². The van der Waals surface area contributed by atoms with Crippen molar-refractivity contribution >= 4 is 17.3 Å². The van der Waals surface area contributed by atoms with Crippen LogP contribution in [0.5, 0.6) is 0 Å². The van der Waals surface area contributed by atoms with Crippen LogP contribution in [0.2, 0.25) is 0 Å². The number of carboxylic acids is 1. The highest BCUT2D eigenvalue weighted by molar-refractivity contribution is 5.71. The standard InChI is InChI=1S/C17H15N3O4/c1-11-4-2-7-15-18-17(14(19(11)15)8-9-16(21)22)12-5-3-6-13(10-12)20(23)24/h2-7,10H,8-9H2,1H3,(H,21,22). The van der Waals surface area contributed by atoms with Crippen molar-refractivity contribution in [2.75, 3.05) is 0 Å². The molecule has 0 atom stereocenters. The highest BCUT2D eigenvalue weighted by Crippen LogP contribution is 2.29. The molecular formula is C17H15N3O4. The molecular weight excluding hydrogens is 310 g/mol. The maximum Gasteiger partial charge on any atom is 0.303 e. The largest absolute Gasteiger partial charge is 0.481 e. The summed E-state index contributed by atoms with van der Waals surface area (Å²) in [6.07, 6.45) is 0.253. The third-order valence-corrected chi connectivity index (χ3v) is 3.84. The van der Waals surface area contributed by atoms with E-state index >= 15 is 0 Å². The van der Waals surface area contributed by atoms with Crippen LogP contribution >= 0.6 is 0 Å². The van der Waals surface area contributed by atoms with Gasteiger partial charge in [-0.2, -0.15) is 0 Å². The molecule has 122 valence electrons. The predicted molar refractivity (Wildman–Crippen MR) is 88.0 cm³/mol. The molecule has 0 aliphatic carbocycles. The zero-order valence-electron chi connectivity index (χ0n) is 13.0. The molecule has 0 saturated carbocycles. The lowest BCUT2D eigenvalue weighted by atomic mass is 10.1. The minimum atomic E-state index is -0.900. The summed E-state index contributed by atoms with van der Waals surface area (Å²) in [5.41, 5.74) is 3.52. The van der Waals surface area contributed by atoms with E-state index in [2.05, 4.69) is 4.98 Å². The third-order valence-electron chi connectivity index (χ3n) is 3.84. The van der Waals surface area contributed by atoms with E-state index in [1.165, 1.54) is 12.1 Å². The number of nitro benzene ring substituents is 1. The van der Waals surface area contributed by atoms with Crippen molar-refractivity contribution in [2.45, 2.75) is 19.8 Å². The Bertz CT molecular complexity index is 946. The number of benzene rings is 1. The summed E-state index contributed by atoms with van der Waals surface area (Å²) < 4.78 is 1.90. The highest BCUT2D eigenvalue weighted by atomic mass is 16.6. The first-order valence-corrected chi connectivity index (χ1v) is 7.41. The van der Waals surface area contributed by atoms with Gasteiger partial charge >= 0.3 is 5.97 Å². The second kappa shape index (κ2) is 6.11. The molecule has 0 spiro atoms. The van der Waals surface area contributed by atoms with E-state index in [-0.39, 0.29) is 12.1 Å². The lowest BCUT2D eigenvalue weighted by Gasteiger charge is -2.06. The van der Waals surface area contributed by atoms with Crippen LogP contribution in [0.1, 0.15) is 17.8 Å². The van der Waals surface area contributed by atoms with Crippen molar-refractivity contribution in [3.05, 3.63) is 64.0 Å². The molecule has 2 aromatic heterocycles. The van der Waals surface area contributed by atoms with Crippen molar-refractivity contribution < 1.29 is 14.8 Å². The molecule has 0 bridgehead atoms. The van der Waals surface area contributed by atoms with Crippen LogP contribution in [0.3, 0.4) is 0 Å². The van der Waals surface area contributed by atoms with Gasteiger partial charge in [0.1, 0.15) is 5.65 Å². The van der Waals surface area contributed by atoms with Crippen molar-refractivity contribution in [3.8, 4) is 11.3 Å². The zero-order valence-corrected chi connectivity index (χ0v) is 13.0. The number of imidazole rings is 1. The molecule has 1 N–H and O–H groups in total. The average Bonchev–Trinajstić information content (AvgIpc) is 2.93. The number of non-ortho nitro benzene ring substituents is 1. The van der Waals surface area contributed by atoms with Crippen LogP contribution in [0.4, 0.5) is 5.69 Å². The Balaban J connectivity index is 2.21. The number of rotatable bonds is 5. The topological polar surface area (TPSA) is 97.7 Å². The summed E-state index contributed by atoms with van der Waals surface area (Å²) in [5, 5.41) is 20.0. The lowest BCUT2D eigenvalue weighted by Crippen LogP contribution is -2.03. The molecule has 3 rings (SSSR count). The summed E-state index contributed by atoms with van der Waals surface area (Å²) in [7, 11) is 0. The quantitative estimate of drug-likeness (QED) is 0.573. The molecule has 0 aliphatic heterocycles. The summed E-state index contributed by atoms with van der Waals surface area (Å²) in [4.78, 5) is 26.1. The molecule has 0 saturated heterocycles. The number of hydrogen-bond donors (Lipinski definition) is 1. The van der Waals surface area contributed by atoms with Gasteiger partial charge in [0.25, 0.3) is 5.69 Å². The van der Waals surface area contributed by atoms with E-state index in [0.29, 0.717) is 23.3 Å². The Kier molecular flexibility index (Phi) is 3.99. The summed E-state index contributed by atoms with van der Waals surface area (Å²) in [6, 6.07) is 11.8. The summed E-state index contributed by atoms with van der Waals surface area (Å²) >= 11 is 0. The van der Waals surface area contributed by atoms with Gasteiger partial charge in [0.2, 0.25) is 0 Å². The Morgan fingerprint density at radius 3 is 2.75 bits per heavy atom. The molecule has 7 nitrogen and oxygen atoms in total. The van der Waals surface area contributed by atoms with Crippen molar-refractivity contribution in [1.82, 2.24) is 9.38 Å². The van der Waals surface area contributed by atoms with Crippen molar-refractivity contribution in [3.63, 3.8) is 0 Å². The average molecular weight is 325 g/mol. The number of aliphatic carboxylic acids is 1. The van der Waals surface area contributed by atoms with Gasteiger partial charge in [-0.15, -0.1) is 0 Å². The van der Waals surface area contributed by atoms with Crippen LogP contribution in [0.15, 0.2) is 42.5 Å². The SMILES string of the molecule is Cc1cccc2nc(-c3cccc([N+](=O)[O-])c3)c(CCC(=O)O)n12. The molecule has 0 fully saturated rings. The molecule has 7 heteroatoms. The first-order valence-electron chi connectivity index (χ1n) is 7.41. The van der Waals surface area contributed by atoms with E-state index < -0.39 is 10.9 Å². The number of aryl methyl sites for hydroxylation is 2. The summed E-state index contributed by atoms with van der Waals surface area (Å²) in [6.45, 7) is 1.91. The first kappa shape index (κ1) is 15.7. The number of carboxylic acid groups (broad SMARTS) is 1. The Hall–Kier alpha value is -3.22. The number of nitrogens with zero attached hydrogens (tertiary/aromatic N) is 3. The second-order valence-electron chi connectivity index (χ2n) is 5.47. The van der Waals surface area contributed by atoms with Crippen molar-refractivity contribution in [1.29, 1.82) is 0 Å². The van der Waals surface area contributed by atoms with E-state index in [0.717, 1.165) is 11.4 Å². The fourth-order valence-electron chi connectivity index (χ4n) is 2.78. The van der Waals surface area contributed by atoms with Gasteiger partial charge in [0, 0.05) is 29.8 Å². The molecule has 1 aromatic carbocycles. The number of hydrogen-bond acceptors (Lipinski definition) is 4. The number of fused-ring (bicyclic) bond motifs is 1. The second-order valence-corrected chi connectivity index (χ2v) is 5.47. The molecule has 0 amide bonds. The Labute approximate surface area is 137 Å². The maximum atomic E-state index is 11.0. The monoisotopic (exact) mass is 325 g/mol. The molecule has 24 heavy (non-hydrogen) atoms. The van der Waals surface area contributed by atoms with Gasteiger partial charge in [0.05, 0.1) is 22.7 Å². The minimum Gasteiger partial charge on any atom is -0.481 e.